The highest BCUT2D eigenvalue weighted by molar-refractivity contribution is 5.47. The molecule has 0 atom stereocenters. The Morgan fingerprint density at radius 3 is 2.95 bits per heavy atom. The SMILES string of the molecule is CNc1nccc(N2CCc3cc(OC)ccc3C2)n1. The Morgan fingerprint density at radius 2 is 2.15 bits per heavy atom. The third-order valence-corrected chi connectivity index (χ3v) is 3.61. The normalized spacial score (nSPS) is 13.8. The molecule has 1 N–H and O–H groups in total. The number of hydrogen-bond acceptors (Lipinski definition) is 5. The lowest BCUT2D eigenvalue weighted by Crippen LogP contribution is -2.31. The fourth-order valence-electron chi connectivity index (χ4n) is 2.50. The predicted molar refractivity (Wildman–Crippen MR) is 79.3 cm³/mol. The molecule has 104 valence electrons. The van der Waals surface area contributed by atoms with Crippen molar-refractivity contribution >= 4 is 11.8 Å². The summed E-state index contributed by atoms with van der Waals surface area (Å²) < 4.78 is 5.28. The first kappa shape index (κ1) is 12.7. The van der Waals surface area contributed by atoms with Gasteiger partial charge < -0.3 is 15.0 Å². The third-order valence-electron chi connectivity index (χ3n) is 3.61. The van der Waals surface area contributed by atoms with Crippen molar-refractivity contribution in [3.8, 4) is 5.75 Å². The number of anilines is 2. The van der Waals surface area contributed by atoms with Crippen LogP contribution in [0.5, 0.6) is 5.75 Å². The first-order valence-corrected chi connectivity index (χ1v) is 6.71. The summed E-state index contributed by atoms with van der Waals surface area (Å²) in [7, 11) is 3.54. The third kappa shape index (κ3) is 2.39. The van der Waals surface area contributed by atoms with Gasteiger partial charge in [0.25, 0.3) is 0 Å². The number of methoxy groups -OCH3 is 1. The largest absolute Gasteiger partial charge is 0.497 e. The van der Waals surface area contributed by atoms with Gasteiger partial charge in [0, 0.05) is 26.3 Å². The lowest BCUT2D eigenvalue weighted by atomic mass is 9.99. The Morgan fingerprint density at radius 1 is 1.25 bits per heavy atom. The number of fused-ring (bicyclic) bond motifs is 1. The van der Waals surface area contributed by atoms with Crippen LogP contribution in [0.15, 0.2) is 30.5 Å². The Bertz CT molecular complexity index is 615. The molecule has 0 unspecified atom stereocenters. The van der Waals surface area contributed by atoms with Crippen molar-refractivity contribution in [2.24, 2.45) is 0 Å². The molecule has 0 saturated heterocycles. The summed E-state index contributed by atoms with van der Waals surface area (Å²) in [6, 6.07) is 8.24. The number of hydrogen-bond donors (Lipinski definition) is 1. The predicted octanol–water partition coefficient (Wildman–Crippen LogP) is 2.09. The van der Waals surface area contributed by atoms with E-state index in [0.717, 1.165) is 31.1 Å². The minimum atomic E-state index is 0.656. The molecular weight excluding hydrogens is 252 g/mol. The average Bonchev–Trinajstić information content (AvgIpc) is 2.54. The number of ether oxygens (including phenoxy) is 1. The van der Waals surface area contributed by atoms with E-state index in [1.165, 1.54) is 11.1 Å². The summed E-state index contributed by atoms with van der Waals surface area (Å²) in [6.45, 7) is 1.83. The van der Waals surface area contributed by atoms with E-state index in [1.807, 2.05) is 19.2 Å². The fourth-order valence-corrected chi connectivity index (χ4v) is 2.50. The van der Waals surface area contributed by atoms with Gasteiger partial charge in [-0.15, -0.1) is 0 Å². The van der Waals surface area contributed by atoms with Gasteiger partial charge in [0.1, 0.15) is 11.6 Å². The van der Waals surface area contributed by atoms with E-state index in [4.69, 9.17) is 4.74 Å². The van der Waals surface area contributed by atoms with Gasteiger partial charge in [-0.05, 0) is 35.7 Å². The summed E-state index contributed by atoms with van der Waals surface area (Å²) in [6.07, 6.45) is 2.79. The molecule has 2 heterocycles. The quantitative estimate of drug-likeness (QED) is 0.925. The summed E-state index contributed by atoms with van der Waals surface area (Å²) in [5.74, 6) is 2.55. The van der Waals surface area contributed by atoms with Crippen molar-refractivity contribution in [1.82, 2.24) is 9.97 Å². The van der Waals surface area contributed by atoms with Crippen LogP contribution in [0.4, 0.5) is 11.8 Å². The number of rotatable bonds is 3. The van der Waals surface area contributed by atoms with Crippen molar-refractivity contribution in [2.75, 3.05) is 30.9 Å². The molecule has 1 aromatic heterocycles. The van der Waals surface area contributed by atoms with Gasteiger partial charge >= 0.3 is 0 Å². The van der Waals surface area contributed by atoms with E-state index >= 15 is 0 Å². The van der Waals surface area contributed by atoms with Crippen molar-refractivity contribution in [2.45, 2.75) is 13.0 Å². The minimum Gasteiger partial charge on any atom is -0.497 e. The first-order chi connectivity index (χ1) is 9.80. The van der Waals surface area contributed by atoms with Crippen LogP contribution in [0, 0.1) is 0 Å². The minimum absolute atomic E-state index is 0.656. The molecule has 20 heavy (non-hydrogen) atoms. The molecular formula is C15H18N4O. The van der Waals surface area contributed by atoms with E-state index in [9.17, 15) is 0 Å². The van der Waals surface area contributed by atoms with Crippen LogP contribution in [0.3, 0.4) is 0 Å². The van der Waals surface area contributed by atoms with Crippen molar-refractivity contribution < 1.29 is 4.74 Å². The zero-order valence-electron chi connectivity index (χ0n) is 11.8. The van der Waals surface area contributed by atoms with Gasteiger partial charge in [-0.3, -0.25) is 0 Å². The van der Waals surface area contributed by atoms with Gasteiger partial charge in [0.05, 0.1) is 7.11 Å². The molecule has 0 saturated carbocycles. The molecule has 3 rings (SSSR count). The number of benzene rings is 1. The number of aromatic nitrogens is 2. The monoisotopic (exact) mass is 270 g/mol. The van der Waals surface area contributed by atoms with Gasteiger partial charge in [-0.1, -0.05) is 6.07 Å². The fraction of sp³-hybridized carbons (Fsp3) is 0.333. The van der Waals surface area contributed by atoms with Crippen LogP contribution in [-0.4, -0.2) is 30.7 Å². The van der Waals surface area contributed by atoms with Crippen molar-refractivity contribution in [1.29, 1.82) is 0 Å². The summed E-state index contributed by atoms with van der Waals surface area (Å²) >= 11 is 0. The summed E-state index contributed by atoms with van der Waals surface area (Å²) in [5.41, 5.74) is 2.70. The highest BCUT2D eigenvalue weighted by Gasteiger charge is 2.18. The molecule has 0 bridgehead atoms. The molecule has 0 radical (unpaired) electrons. The Labute approximate surface area is 118 Å². The topological polar surface area (TPSA) is 50.3 Å². The first-order valence-electron chi connectivity index (χ1n) is 6.71. The maximum atomic E-state index is 5.28. The second kappa shape index (κ2) is 5.36. The summed E-state index contributed by atoms with van der Waals surface area (Å²) in [5, 5.41) is 2.98. The second-order valence-electron chi connectivity index (χ2n) is 4.79. The van der Waals surface area contributed by atoms with Gasteiger partial charge in [0.2, 0.25) is 5.95 Å². The molecule has 2 aromatic rings. The van der Waals surface area contributed by atoms with E-state index < -0.39 is 0 Å². The maximum absolute atomic E-state index is 5.28. The Balaban J connectivity index is 1.84. The molecule has 5 nitrogen and oxygen atoms in total. The van der Waals surface area contributed by atoms with Crippen molar-refractivity contribution in [3.63, 3.8) is 0 Å². The lowest BCUT2D eigenvalue weighted by molar-refractivity contribution is 0.413. The number of nitrogens with one attached hydrogen (secondary N) is 1. The van der Waals surface area contributed by atoms with Crippen LogP contribution in [-0.2, 0) is 13.0 Å². The smallest absolute Gasteiger partial charge is 0.224 e. The maximum Gasteiger partial charge on any atom is 0.224 e. The highest BCUT2D eigenvalue weighted by atomic mass is 16.5. The molecule has 0 spiro atoms. The van der Waals surface area contributed by atoms with E-state index in [1.54, 1.807) is 13.3 Å². The highest BCUT2D eigenvalue weighted by Crippen LogP contribution is 2.26. The molecule has 1 aromatic carbocycles. The average molecular weight is 270 g/mol. The van der Waals surface area contributed by atoms with Gasteiger partial charge in [0.15, 0.2) is 0 Å². The number of nitrogens with zero attached hydrogens (tertiary/aromatic N) is 3. The van der Waals surface area contributed by atoms with Crippen LogP contribution in [0.25, 0.3) is 0 Å². The molecule has 1 aliphatic rings. The Hall–Kier alpha value is -2.30. The van der Waals surface area contributed by atoms with Crippen LogP contribution in [0.1, 0.15) is 11.1 Å². The standard InChI is InChI=1S/C15H18N4O/c1-16-15-17-7-5-14(18-15)19-8-6-11-9-13(20-2)4-3-12(11)10-19/h3-5,7,9H,6,8,10H2,1-2H3,(H,16,17,18). The van der Waals surface area contributed by atoms with Gasteiger partial charge in [-0.25, -0.2) is 4.98 Å². The second-order valence-corrected chi connectivity index (χ2v) is 4.79. The van der Waals surface area contributed by atoms with E-state index in [0.29, 0.717) is 5.95 Å². The van der Waals surface area contributed by atoms with Crippen LogP contribution in [0.2, 0.25) is 0 Å². The molecule has 0 fully saturated rings. The molecule has 0 amide bonds. The zero-order chi connectivity index (χ0) is 13.9. The molecule has 1 aliphatic heterocycles. The van der Waals surface area contributed by atoms with Crippen LogP contribution >= 0.6 is 0 Å². The van der Waals surface area contributed by atoms with Crippen molar-refractivity contribution in [3.05, 3.63) is 41.6 Å². The van der Waals surface area contributed by atoms with E-state index in [-0.39, 0.29) is 0 Å². The lowest BCUT2D eigenvalue weighted by Gasteiger charge is -2.30. The van der Waals surface area contributed by atoms with E-state index in [2.05, 4.69) is 32.3 Å². The Kier molecular flexibility index (Phi) is 3.41. The zero-order valence-corrected chi connectivity index (χ0v) is 11.8. The van der Waals surface area contributed by atoms with Crippen LogP contribution < -0.4 is 15.0 Å². The molecule has 0 aliphatic carbocycles. The van der Waals surface area contributed by atoms with Gasteiger partial charge in [-0.2, -0.15) is 4.98 Å². The summed E-state index contributed by atoms with van der Waals surface area (Å²) in [4.78, 5) is 10.9. The molecule has 5 heteroatoms.